The summed E-state index contributed by atoms with van der Waals surface area (Å²) in [6.45, 7) is 0. The van der Waals surface area contributed by atoms with Crippen molar-refractivity contribution in [3.63, 3.8) is 0 Å². The third-order valence-corrected chi connectivity index (χ3v) is 4.03. The highest BCUT2D eigenvalue weighted by atomic mass is 35.5. The van der Waals surface area contributed by atoms with Gasteiger partial charge in [-0.2, -0.15) is 11.3 Å². The van der Waals surface area contributed by atoms with Crippen LogP contribution in [-0.2, 0) is 0 Å². The molecule has 3 rings (SSSR count). The summed E-state index contributed by atoms with van der Waals surface area (Å²) < 4.78 is 5.32. The highest BCUT2D eigenvalue weighted by Gasteiger charge is 2.22. The van der Waals surface area contributed by atoms with Crippen molar-refractivity contribution in [1.29, 1.82) is 0 Å². The topological polar surface area (TPSA) is 52.0 Å². The van der Waals surface area contributed by atoms with Gasteiger partial charge in [0.15, 0.2) is 11.6 Å². The fourth-order valence-electron chi connectivity index (χ4n) is 1.87. The van der Waals surface area contributed by atoms with Gasteiger partial charge in [0, 0.05) is 16.5 Å². The molecule has 0 saturated carbocycles. The van der Waals surface area contributed by atoms with Gasteiger partial charge in [0.25, 0.3) is 0 Å². The van der Waals surface area contributed by atoms with E-state index in [9.17, 15) is 0 Å². The summed E-state index contributed by atoms with van der Waals surface area (Å²) in [4.78, 5) is 0. The predicted molar refractivity (Wildman–Crippen MR) is 79.7 cm³/mol. The molecule has 0 fully saturated rings. The molecule has 3 nitrogen and oxygen atoms in total. The molecule has 3 aromatic rings. The summed E-state index contributed by atoms with van der Waals surface area (Å²) in [5.41, 5.74) is 8.08. The number of hydrogen-bond donors (Lipinski definition) is 1. The Morgan fingerprint density at radius 1 is 1.11 bits per heavy atom. The minimum atomic E-state index is 0.274. The van der Waals surface area contributed by atoms with E-state index < -0.39 is 0 Å². The van der Waals surface area contributed by atoms with Gasteiger partial charge < -0.3 is 10.3 Å². The Morgan fingerprint density at radius 3 is 2.47 bits per heavy atom. The van der Waals surface area contributed by atoms with E-state index in [1.54, 1.807) is 29.5 Å². The molecule has 96 valence electrons. The molecule has 2 heterocycles. The Bertz CT molecular complexity index is 702. The van der Waals surface area contributed by atoms with Gasteiger partial charge in [0.05, 0.1) is 15.6 Å². The van der Waals surface area contributed by atoms with Crippen molar-refractivity contribution in [2.24, 2.45) is 0 Å². The van der Waals surface area contributed by atoms with Gasteiger partial charge in [-0.25, -0.2) is 0 Å². The van der Waals surface area contributed by atoms with E-state index in [0.29, 0.717) is 26.9 Å². The van der Waals surface area contributed by atoms with E-state index >= 15 is 0 Å². The van der Waals surface area contributed by atoms with Crippen LogP contribution in [0.15, 0.2) is 39.5 Å². The summed E-state index contributed by atoms with van der Waals surface area (Å²) in [6, 6.07) is 7.22. The van der Waals surface area contributed by atoms with Crippen molar-refractivity contribution in [1.82, 2.24) is 5.16 Å². The lowest BCUT2D eigenvalue weighted by Gasteiger charge is -2.06. The summed E-state index contributed by atoms with van der Waals surface area (Å²) >= 11 is 14.0. The second kappa shape index (κ2) is 4.89. The first-order valence-electron chi connectivity index (χ1n) is 5.40. The molecular formula is C13H8Cl2N2OS. The number of halogens is 2. The van der Waals surface area contributed by atoms with Gasteiger partial charge in [-0.15, -0.1) is 0 Å². The lowest BCUT2D eigenvalue weighted by atomic mass is 10.0. The average molecular weight is 311 g/mol. The van der Waals surface area contributed by atoms with Crippen molar-refractivity contribution in [3.8, 4) is 22.5 Å². The molecular weight excluding hydrogens is 303 g/mol. The van der Waals surface area contributed by atoms with Crippen LogP contribution in [0.5, 0.6) is 0 Å². The average Bonchev–Trinajstić information content (AvgIpc) is 2.99. The van der Waals surface area contributed by atoms with Gasteiger partial charge in [-0.1, -0.05) is 34.4 Å². The molecule has 0 aliphatic rings. The summed E-state index contributed by atoms with van der Waals surface area (Å²) in [5, 5.41) is 8.75. The molecule has 6 heteroatoms. The van der Waals surface area contributed by atoms with Crippen molar-refractivity contribution < 1.29 is 4.52 Å². The summed E-state index contributed by atoms with van der Waals surface area (Å²) in [6.07, 6.45) is 0. The Hall–Kier alpha value is -1.49. The molecule has 0 bridgehead atoms. The molecule has 2 aromatic heterocycles. The minimum Gasteiger partial charge on any atom is -0.380 e. The molecule has 0 amide bonds. The second-order valence-corrected chi connectivity index (χ2v) is 5.48. The van der Waals surface area contributed by atoms with Gasteiger partial charge in [0.1, 0.15) is 0 Å². The van der Waals surface area contributed by atoms with E-state index in [2.05, 4.69) is 5.16 Å². The van der Waals surface area contributed by atoms with Crippen LogP contribution in [0.25, 0.3) is 22.5 Å². The lowest BCUT2D eigenvalue weighted by molar-refractivity contribution is 0.436. The number of anilines is 1. The number of aromatic nitrogens is 1. The summed E-state index contributed by atoms with van der Waals surface area (Å²) in [7, 11) is 0. The molecule has 0 aliphatic heterocycles. The van der Waals surface area contributed by atoms with Crippen LogP contribution in [-0.4, -0.2) is 5.16 Å². The van der Waals surface area contributed by atoms with Crippen LogP contribution in [0.2, 0.25) is 10.0 Å². The number of hydrogen-bond acceptors (Lipinski definition) is 4. The van der Waals surface area contributed by atoms with Crippen LogP contribution in [0.1, 0.15) is 0 Å². The first-order chi connectivity index (χ1) is 9.18. The van der Waals surface area contributed by atoms with Gasteiger partial charge in [-0.05, 0) is 23.6 Å². The molecule has 0 unspecified atom stereocenters. The number of nitrogens with two attached hydrogens (primary N) is 1. The zero-order valence-electron chi connectivity index (χ0n) is 9.56. The second-order valence-electron chi connectivity index (χ2n) is 3.88. The Morgan fingerprint density at radius 2 is 1.84 bits per heavy atom. The fourth-order valence-corrected chi connectivity index (χ4v) is 3.09. The monoisotopic (exact) mass is 310 g/mol. The summed E-state index contributed by atoms with van der Waals surface area (Å²) in [5.74, 6) is 0.852. The van der Waals surface area contributed by atoms with E-state index in [1.807, 2.05) is 16.8 Å². The Kier molecular flexibility index (Phi) is 3.22. The van der Waals surface area contributed by atoms with Crippen molar-refractivity contribution >= 4 is 40.4 Å². The molecule has 0 saturated heterocycles. The SMILES string of the molecule is Nc1noc(-c2ccsc2)c1-c1c(Cl)cccc1Cl. The van der Waals surface area contributed by atoms with Crippen LogP contribution >= 0.6 is 34.5 Å². The van der Waals surface area contributed by atoms with Crippen molar-refractivity contribution in [2.75, 3.05) is 5.73 Å². The highest BCUT2D eigenvalue weighted by Crippen LogP contribution is 2.43. The van der Waals surface area contributed by atoms with Crippen LogP contribution in [0.3, 0.4) is 0 Å². The first-order valence-corrected chi connectivity index (χ1v) is 7.10. The quantitative estimate of drug-likeness (QED) is 0.728. The maximum Gasteiger partial charge on any atom is 0.177 e. The number of benzene rings is 1. The molecule has 19 heavy (non-hydrogen) atoms. The van der Waals surface area contributed by atoms with E-state index in [1.165, 1.54) is 0 Å². The largest absolute Gasteiger partial charge is 0.380 e. The molecule has 0 atom stereocenters. The van der Waals surface area contributed by atoms with E-state index in [-0.39, 0.29) is 5.82 Å². The third kappa shape index (κ3) is 2.12. The van der Waals surface area contributed by atoms with Crippen LogP contribution < -0.4 is 5.73 Å². The van der Waals surface area contributed by atoms with Crippen LogP contribution in [0, 0.1) is 0 Å². The van der Waals surface area contributed by atoms with Gasteiger partial charge >= 0.3 is 0 Å². The Balaban J connectivity index is 2.29. The van der Waals surface area contributed by atoms with Crippen LogP contribution in [0.4, 0.5) is 5.82 Å². The standard InChI is InChI=1S/C13H8Cl2N2OS/c14-8-2-1-3-9(15)10(8)11-12(18-17-13(11)16)7-4-5-19-6-7/h1-6H,(H2,16,17). The molecule has 0 aliphatic carbocycles. The molecule has 0 radical (unpaired) electrons. The fraction of sp³-hybridized carbons (Fsp3) is 0. The van der Waals surface area contributed by atoms with Gasteiger partial charge in [-0.3, -0.25) is 0 Å². The van der Waals surface area contributed by atoms with E-state index in [4.69, 9.17) is 33.5 Å². The first kappa shape index (κ1) is 12.5. The molecule has 1 aromatic carbocycles. The lowest BCUT2D eigenvalue weighted by Crippen LogP contribution is -1.90. The maximum atomic E-state index is 6.22. The maximum absolute atomic E-state index is 6.22. The number of rotatable bonds is 2. The number of thiophene rings is 1. The minimum absolute atomic E-state index is 0.274. The zero-order chi connectivity index (χ0) is 13.4. The number of nitrogens with zero attached hydrogens (tertiary/aromatic N) is 1. The smallest absolute Gasteiger partial charge is 0.177 e. The van der Waals surface area contributed by atoms with Crippen molar-refractivity contribution in [2.45, 2.75) is 0 Å². The highest BCUT2D eigenvalue weighted by molar-refractivity contribution is 7.08. The van der Waals surface area contributed by atoms with Crippen molar-refractivity contribution in [3.05, 3.63) is 45.1 Å². The van der Waals surface area contributed by atoms with E-state index in [0.717, 1.165) is 5.56 Å². The van der Waals surface area contributed by atoms with Gasteiger partial charge in [0.2, 0.25) is 0 Å². The normalized spacial score (nSPS) is 10.8. The zero-order valence-corrected chi connectivity index (χ0v) is 11.9. The number of nitrogen functional groups attached to an aromatic ring is 1. The molecule has 0 spiro atoms. The predicted octanol–water partition coefficient (Wildman–Crippen LogP) is 4.96. The molecule has 2 N–H and O–H groups in total. The Labute approximate surface area is 123 Å². The third-order valence-electron chi connectivity index (χ3n) is 2.71.